The van der Waals surface area contributed by atoms with Crippen molar-refractivity contribution in [2.45, 2.75) is 20.8 Å². The molecule has 0 unspecified atom stereocenters. The zero-order valence-electron chi connectivity index (χ0n) is 4.41. The standard InChI is InChI=1S/C5H9.W/c1-5(2,3)4;/h1-3H3;/q;+1. The van der Waals surface area contributed by atoms with Crippen LogP contribution in [-0.4, -0.2) is 0 Å². The van der Waals surface area contributed by atoms with Crippen LogP contribution in [0, 0.1) is 9.62 Å². The van der Waals surface area contributed by atoms with E-state index in [9.17, 15) is 0 Å². The molecular weight excluding hydrogens is 244 g/mol. The molecule has 1 heteroatoms. The molecule has 0 atom stereocenters. The van der Waals surface area contributed by atoms with E-state index < -0.39 is 0 Å². The van der Waals surface area contributed by atoms with Crippen LogP contribution in [0.5, 0.6) is 0 Å². The predicted molar refractivity (Wildman–Crippen MR) is 23.3 cm³/mol. The minimum absolute atomic E-state index is 0.329. The second-order valence-corrected chi connectivity index (χ2v) is 3.09. The molecule has 0 aromatic carbocycles. The van der Waals surface area contributed by atoms with Crippen molar-refractivity contribution in [3.8, 4) is 4.20 Å². The summed E-state index contributed by atoms with van der Waals surface area (Å²) in [7, 11) is 0. The molecule has 0 aliphatic rings. The second-order valence-electron chi connectivity index (χ2n) is 2.35. The zero-order chi connectivity index (χ0) is 5.21. The first-order chi connectivity index (χ1) is 2.56. The Morgan fingerprint density at radius 3 is 1.50 bits per heavy atom. The second kappa shape index (κ2) is 1.96. The van der Waals surface area contributed by atoms with Crippen molar-refractivity contribution >= 4 is 0 Å². The number of hydrogen-bond acceptors (Lipinski definition) is 0. The fraction of sp³-hybridized carbons (Fsp3) is 0.800. The van der Waals surface area contributed by atoms with Crippen molar-refractivity contribution < 1.29 is 19.2 Å². The molecule has 0 aliphatic heterocycles. The quantitative estimate of drug-likeness (QED) is 0.614. The summed E-state index contributed by atoms with van der Waals surface area (Å²) in [4.78, 5) is 0. The molecular formula is C5H9W+. The molecule has 0 saturated carbocycles. The van der Waals surface area contributed by atoms with E-state index in [1.807, 2.05) is 0 Å². The first-order valence-corrected chi connectivity index (χ1v) is 3.42. The van der Waals surface area contributed by atoms with Gasteiger partial charge in [-0.1, -0.05) is 0 Å². The van der Waals surface area contributed by atoms with E-state index in [-0.39, 0.29) is 0 Å². The summed E-state index contributed by atoms with van der Waals surface area (Å²) < 4.78 is 3.19. The summed E-state index contributed by atoms with van der Waals surface area (Å²) in [6, 6.07) is 0. The van der Waals surface area contributed by atoms with E-state index >= 15 is 0 Å². The van der Waals surface area contributed by atoms with Gasteiger partial charge < -0.3 is 0 Å². The van der Waals surface area contributed by atoms with Gasteiger partial charge in [0.25, 0.3) is 0 Å². The van der Waals surface area contributed by atoms with Crippen molar-refractivity contribution in [2.24, 2.45) is 5.41 Å². The molecule has 0 nitrogen and oxygen atoms in total. The van der Waals surface area contributed by atoms with Crippen LogP contribution in [-0.2, 0) is 19.2 Å². The van der Waals surface area contributed by atoms with Gasteiger partial charge in [-0.05, 0) is 0 Å². The molecule has 0 rings (SSSR count). The van der Waals surface area contributed by atoms with Gasteiger partial charge in [-0.25, -0.2) is 0 Å². The van der Waals surface area contributed by atoms with Crippen molar-refractivity contribution in [3.63, 3.8) is 0 Å². The van der Waals surface area contributed by atoms with Crippen molar-refractivity contribution in [1.82, 2.24) is 0 Å². The van der Waals surface area contributed by atoms with Gasteiger partial charge in [0.2, 0.25) is 0 Å². The molecule has 0 amide bonds. The van der Waals surface area contributed by atoms with Crippen LogP contribution >= 0.6 is 0 Å². The van der Waals surface area contributed by atoms with E-state index in [4.69, 9.17) is 0 Å². The summed E-state index contributed by atoms with van der Waals surface area (Å²) in [5, 5.41) is 0. The fourth-order valence-corrected chi connectivity index (χ4v) is 0. The van der Waals surface area contributed by atoms with Crippen LogP contribution in [0.3, 0.4) is 0 Å². The zero-order valence-corrected chi connectivity index (χ0v) is 7.34. The third-order valence-electron chi connectivity index (χ3n) is 0.306. The average Bonchev–Trinajstić information content (AvgIpc) is 1.35. The van der Waals surface area contributed by atoms with Crippen LogP contribution in [0.4, 0.5) is 0 Å². The molecule has 0 aromatic rings. The number of hydrogen-bond donors (Lipinski definition) is 0. The van der Waals surface area contributed by atoms with E-state index in [0.29, 0.717) is 5.41 Å². The first-order valence-electron chi connectivity index (χ1n) is 1.95. The van der Waals surface area contributed by atoms with Gasteiger partial charge in [-0.15, -0.1) is 0 Å². The molecule has 0 spiro atoms. The predicted octanol–water partition coefficient (Wildman–Crippen LogP) is 1.54. The molecule has 34 valence electrons. The molecule has 6 heavy (non-hydrogen) atoms. The van der Waals surface area contributed by atoms with Crippen molar-refractivity contribution in [1.29, 1.82) is 0 Å². The Hall–Kier alpha value is 0.468. The third-order valence-corrected chi connectivity index (χ3v) is 2.51. The van der Waals surface area contributed by atoms with E-state index in [1.165, 1.54) is 19.2 Å². The third kappa shape index (κ3) is 4.47. The summed E-state index contributed by atoms with van der Waals surface area (Å²) >= 11 is 1.44. The van der Waals surface area contributed by atoms with E-state index in [1.54, 1.807) is 0 Å². The molecule has 0 heterocycles. The molecule has 0 aromatic heterocycles. The number of rotatable bonds is 0. The Bertz CT molecular complexity index is 70.9. The normalized spacial score (nSPS) is 10.3. The first kappa shape index (κ1) is 6.47. The van der Waals surface area contributed by atoms with Gasteiger partial charge in [-0.3, -0.25) is 0 Å². The van der Waals surface area contributed by atoms with E-state index in [0.717, 1.165) is 0 Å². The molecule has 0 fully saturated rings. The van der Waals surface area contributed by atoms with Gasteiger partial charge in [0, 0.05) is 0 Å². The molecule has 0 bridgehead atoms. The molecule has 0 saturated heterocycles. The van der Waals surface area contributed by atoms with Crippen LogP contribution in [0.15, 0.2) is 0 Å². The molecule has 0 radical (unpaired) electrons. The van der Waals surface area contributed by atoms with Crippen molar-refractivity contribution in [2.75, 3.05) is 0 Å². The summed E-state index contributed by atoms with van der Waals surface area (Å²) in [5.41, 5.74) is 0.329. The van der Waals surface area contributed by atoms with Crippen LogP contribution < -0.4 is 0 Å². The SMILES string of the molecule is CC(C)(C)[C]#[W+]. The maximum absolute atomic E-state index is 3.19. The minimum atomic E-state index is 0.329. The van der Waals surface area contributed by atoms with E-state index in [2.05, 4.69) is 25.0 Å². The van der Waals surface area contributed by atoms with Crippen LogP contribution in [0.1, 0.15) is 20.8 Å². The Morgan fingerprint density at radius 2 is 1.50 bits per heavy atom. The maximum atomic E-state index is 3.19. The van der Waals surface area contributed by atoms with Gasteiger partial charge >= 0.3 is 49.5 Å². The summed E-state index contributed by atoms with van der Waals surface area (Å²) in [6.45, 7) is 6.46. The Balaban J connectivity index is 3.55. The summed E-state index contributed by atoms with van der Waals surface area (Å²) in [5.74, 6) is 0. The Labute approximate surface area is 50.0 Å². The van der Waals surface area contributed by atoms with Gasteiger partial charge in [0.15, 0.2) is 0 Å². The van der Waals surface area contributed by atoms with Crippen molar-refractivity contribution in [3.05, 3.63) is 0 Å². The fourth-order valence-electron chi connectivity index (χ4n) is 0. The van der Waals surface area contributed by atoms with Crippen LogP contribution in [0.2, 0.25) is 0 Å². The molecule has 0 N–H and O–H groups in total. The molecule has 0 aliphatic carbocycles. The van der Waals surface area contributed by atoms with Crippen LogP contribution in [0.25, 0.3) is 0 Å². The Kier molecular flexibility index (Phi) is 2.11. The van der Waals surface area contributed by atoms with Gasteiger partial charge in [0.1, 0.15) is 0 Å². The van der Waals surface area contributed by atoms with Gasteiger partial charge in [-0.2, -0.15) is 0 Å². The Morgan fingerprint density at radius 1 is 1.33 bits per heavy atom. The average molecular weight is 253 g/mol. The van der Waals surface area contributed by atoms with Gasteiger partial charge in [0.05, 0.1) is 0 Å². The monoisotopic (exact) mass is 253 g/mol. The topological polar surface area (TPSA) is 0 Å². The summed E-state index contributed by atoms with van der Waals surface area (Å²) in [6.07, 6.45) is 0.